The number of hydrogen-bond donors (Lipinski definition) is 2. The van der Waals surface area contributed by atoms with Gasteiger partial charge in [0.2, 0.25) is 5.88 Å². The molecule has 122 valence electrons. The second kappa shape index (κ2) is 8.03. The van der Waals surface area contributed by atoms with E-state index >= 15 is 0 Å². The third kappa shape index (κ3) is 5.22. The average molecular weight is 314 g/mol. The molecule has 0 spiro atoms. The van der Waals surface area contributed by atoms with Crippen LogP contribution in [0.2, 0.25) is 0 Å². The molecule has 7 heteroatoms. The number of ether oxygens (including phenoxy) is 1. The van der Waals surface area contributed by atoms with E-state index in [2.05, 4.69) is 10.3 Å². The Labute approximate surface area is 127 Å². The Kier molecular flexibility index (Phi) is 6.06. The first-order chi connectivity index (χ1) is 10.5. The van der Waals surface area contributed by atoms with Crippen molar-refractivity contribution < 1.29 is 23.4 Å². The second-order valence-electron chi connectivity index (χ2n) is 5.48. The molecule has 1 aliphatic carbocycles. The lowest BCUT2D eigenvalue weighted by atomic mass is 9.87. The second-order valence-corrected chi connectivity index (χ2v) is 5.48. The Morgan fingerprint density at radius 1 is 1.45 bits per heavy atom. The van der Waals surface area contributed by atoms with Crippen molar-refractivity contribution in [1.82, 2.24) is 10.3 Å². The van der Waals surface area contributed by atoms with Crippen molar-refractivity contribution in [2.45, 2.75) is 38.2 Å². The van der Waals surface area contributed by atoms with Crippen molar-refractivity contribution in [3.05, 3.63) is 23.9 Å². The lowest BCUT2D eigenvalue weighted by molar-refractivity contribution is 0.0794. The van der Waals surface area contributed by atoms with E-state index in [9.17, 15) is 18.7 Å². The summed E-state index contributed by atoms with van der Waals surface area (Å²) in [4.78, 5) is 15.8. The Morgan fingerprint density at radius 3 is 2.91 bits per heavy atom. The SMILES string of the molecule is O=C(NCC1CCCC(O)C1)c1ccc(OCC(F)F)nc1. The van der Waals surface area contributed by atoms with Gasteiger partial charge in [0.15, 0.2) is 6.61 Å². The van der Waals surface area contributed by atoms with Gasteiger partial charge in [-0.05, 0) is 31.2 Å². The molecular formula is C15H20F2N2O3. The molecule has 0 saturated heterocycles. The van der Waals surface area contributed by atoms with Crippen LogP contribution in [0.1, 0.15) is 36.0 Å². The smallest absolute Gasteiger partial charge is 0.272 e. The van der Waals surface area contributed by atoms with Gasteiger partial charge < -0.3 is 15.2 Å². The molecule has 5 nitrogen and oxygen atoms in total. The Balaban J connectivity index is 1.79. The monoisotopic (exact) mass is 314 g/mol. The number of carbonyl (C=O) groups is 1. The zero-order valence-corrected chi connectivity index (χ0v) is 12.2. The van der Waals surface area contributed by atoms with Crippen LogP contribution >= 0.6 is 0 Å². The molecular weight excluding hydrogens is 294 g/mol. The van der Waals surface area contributed by atoms with E-state index in [1.165, 1.54) is 18.3 Å². The number of carbonyl (C=O) groups excluding carboxylic acids is 1. The topological polar surface area (TPSA) is 71.5 Å². The number of aliphatic hydroxyl groups excluding tert-OH is 1. The quantitative estimate of drug-likeness (QED) is 0.842. The van der Waals surface area contributed by atoms with Crippen LogP contribution in [0.4, 0.5) is 8.78 Å². The maximum absolute atomic E-state index is 12.0. The van der Waals surface area contributed by atoms with Gasteiger partial charge in [-0.25, -0.2) is 13.8 Å². The predicted molar refractivity (Wildman–Crippen MR) is 76.0 cm³/mol. The maximum atomic E-state index is 12.0. The molecule has 1 heterocycles. The summed E-state index contributed by atoms with van der Waals surface area (Å²) in [6, 6.07) is 2.88. The zero-order chi connectivity index (χ0) is 15.9. The van der Waals surface area contributed by atoms with Gasteiger partial charge in [0.1, 0.15) is 0 Å². The van der Waals surface area contributed by atoms with E-state index in [1.54, 1.807) is 0 Å². The van der Waals surface area contributed by atoms with Gasteiger partial charge in [0.05, 0.1) is 11.7 Å². The minimum absolute atomic E-state index is 0.0623. The van der Waals surface area contributed by atoms with Crippen molar-refractivity contribution in [3.8, 4) is 5.88 Å². The molecule has 2 rings (SSSR count). The van der Waals surface area contributed by atoms with E-state index in [0.29, 0.717) is 18.5 Å². The van der Waals surface area contributed by atoms with Crippen LogP contribution < -0.4 is 10.1 Å². The fourth-order valence-corrected chi connectivity index (χ4v) is 2.54. The first-order valence-corrected chi connectivity index (χ1v) is 7.38. The van der Waals surface area contributed by atoms with Crippen LogP contribution in [0.3, 0.4) is 0 Å². The summed E-state index contributed by atoms with van der Waals surface area (Å²) in [7, 11) is 0. The van der Waals surface area contributed by atoms with Crippen molar-refractivity contribution in [3.63, 3.8) is 0 Å². The number of halogens is 2. The molecule has 2 unspecified atom stereocenters. The van der Waals surface area contributed by atoms with Crippen molar-refractivity contribution in [1.29, 1.82) is 0 Å². The number of nitrogens with one attached hydrogen (secondary N) is 1. The molecule has 1 amide bonds. The summed E-state index contributed by atoms with van der Waals surface area (Å²) >= 11 is 0. The highest BCUT2D eigenvalue weighted by molar-refractivity contribution is 5.93. The number of aliphatic hydroxyl groups is 1. The van der Waals surface area contributed by atoms with Crippen LogP contribution in [-0.2, 0) is 0 Å². The van der Waals surface area contributed by atoms with Gasteiger partial charge in [-0.15, -0.1) is 0 Å². The largest absolute Gasteiger partial charge is 0.472 e. The molecule has 0 aromatic carbocycles. The molecule has 2 N–H and O–H groups in total. The van der Waals surface area contributed by atoms with Crippen LogP contribution in [0.15, 0.2) is 18.3 Å². The summed E-state index contributed by atoms with van der Waals surface area (Å²) in [6.45, 7) is -0.206. The molecule has 1 saturated carbocycles. The fraction of sp³-hybridized carbons (Fsp3) is 0.600. The average Bonchev–Trinajstić information content (AvgIpc) is 2.51. The minimum Gasteiger partial charge on any atom is -0.472 e. The molecule has 1 aromatic heterocycles. The molecule has 1 aromatic rings. The van der Waals surface area contributed by atoms with Crippen molar-refractivity contribution >= 4 is 5.91 Å². The van der Waals surface area contributed by atoms with Crippen molar-refractivity contribution in [2.24, 2.45) is 5.92 Å². The predicted octanol–water partition coefficient (Wildman–Crippen LogP) is 2.01. The van der Waals surface area contributed by atoms with E-state index in [4.69, 9.17) is 4.74 Å². The Morgan fingerprint density at radius 2 is 2.27 bits per heavy atom. The van der Waals surface area contributed by atoms with Crippen LogP contribution in [0.25, 0.3) is 0 Å². The number of rotatable bonds is 6. The van der Waals surface area contributed by atoms with Crippen LogP contribution in [0, 0.1) is 5.92 Å². The van der Waals surface area contributed by atoms with Crippen LogP contribution in [-0.4, -0.2) is 41.7 Å². The van der Waals surface area contributed by atoms with Gasteiger partial charge >= 0.3 is 0 Å². The minimum atomic E-state index is -2.56. The lowest BCUT2D eigenvalue weighted by Gasteiger charge is -2.25. The van der Waals surface area contributed by atoms with Crippen LogP contribution in [0.5, 0.6) is 5.88 Å². The Bertz CT molecular complexity index is 482. The van der Waals surface area contributed by atoms with E-state index in [1.807, 2.05) is 0 Å². The molecule has 0 aliphatic heterocycles. The summed E-state index contributed by atoms with van der Waals surface area (Å²) < 4.78 is 28.7. The number of nitrogens with zero attached hydrogens (tertiary/aromatic N) is 1. The molecule has 1 fully saturated rings. The molecule has 0 radical (unpaired) electrons. The summed E-state index contributed by atoms with van der Waals surface area (Å²) in [5.74, 6) is 0.0783. The zero-order valence-electron chi connectivity index (χ0n) is 12.2. The van der Waals surface area contributed by atoms with E-state index < -0.39 is 13.0 Å². The highest BCUT2D eigenvalue weighted by Gasteiger charge is 2.20. The van der Waals surface area contributed by atoms with Gasteiger partial charge in [-0.2, -0.15) is 0 Å². The lowest BCUT2D eigenvalue weighted by Crippen LogP contribution is -2.33. The third-order valence-electron chi connectivity index (χ3n) is 3.66. The summed E-state index contributed by atoms with van der Waals surface area (Å²) in [6.07, 6.45) is 1.97. The third-order valence-corrected chi connectivity index (χ3v) is 3.66. The van der Waals surface area contributed by atoms with Gasteiger partial charge in [-0.3, -0.25) is 4.79 Å². The number of hydrogen-bond acceptors (Lipinski definition) is 4. The first kappa shape index (κ1) is 16.6. The normalized spacial score (nSPS) is 21.6. The molecule has 22 heavy (non-hydrogen) atoms. The number of pyridine rings is 1. The molecule has 1 aliphatic rings. The fourth-order valence-electron chi connectivity index (χ4n) is 2.54. The number of alkyl halides is 2. The Hall–Kier alpha value is -1.76. The molecule has 0 bridgehead atoms. The highest BCUT2D eigenvalue weighted by Crippen LogP contribution is 2.23. The van der Waals surface area contributed by atoms with Gasteiger partial charge in [-0.1, -0.05) is 6.42 Å². The van der Waals surface area contributed by atoms with Gasteiger partial charge in [0.25, 0.3) is 12.3 Å². The van der Waals surface area contributed by atoms with E-state index in [0.717, 1.165) is 19.3 Å². The van der Waals surface area contributed by atoms with Crippen molar-refractivity contribution in [2.75, 3.05) is 13.2 Å². The highest BCUT2D eigenvalue weighted by atomic mass is 19.3. The molecule has 2 atom stereocenters. The first-order valence-electron chi connectivity index (χ1n) is 7.38. The maximum Gasteiger partial charge on any atom is 0.272 e. The van der Waals surface area contributed by atoms with Gasteiger partial charge in [0, 0.05) is 18.8 Å². The number of aromatic nitrogens is 1. The standard InChI is InChI=1S/C15H20F2N2O3/c16-13(17)9-22-14-5-4-11(8-18-14)15(21)19-7-10-2-1-3-12(20)6-10/h4-5,8,10,12-13,20H,1-3,6-7,9H2,(H,19,21). The summed E-state index contributed by atoms with van der Waals surface area (Å²) in [5, 5.41) is 12.4. The summed E-state index contributed by atoms with van der Waals surface area (Å²) in [5.41, 5.74) is 0.348. The number of amides is 1. The van der Waals surface area contributed by atoms with E-state index in [-0.39, 0.29) is 23.8 Å².